The Labute approximate surface area is 167 Å². The third-order valence-corrected chi connectivity index (χ3v) is 4.54. The molecule has 0 aromatic heterocycles. The van der Waals surface area contributed by atoms with Crippen LogP contribution in [0.3, 0.4) is 0 Å². The molecule has 0 spiro atoms. The molecule has 0 saturated heterocycles. The van der Waals surface area contributed by atoms with Crippen LogP contribution < -0.4 is 14.2 Å². The summed E-state index contributed by atoms with van der Waals surface area (Å²) in [5.74, 6) is 2.71. The van der Waals surface area contributed by atoms with E-state index >= 15 is 0 Å². The molecule has 0 fully saturated rings. The zero-order chi connectivity index (χ0) is 19.3. The number of aldehydes is 1. The predicted molar refractivity (Wildman–Crippen MR) is 108 cm³/mol. The number of ether oxygens (including phenoxy) is 3. The van der Waals surface area contributed by atoms with E-state index in [1.165, 1.54) is 0 Å². The molecule has 4 nitrogen and oxygen atoms in total. The fourth-order valence-electron chi connectivity index (χ4n) is 2.82. The minimum atomic E-state index is 0.276. The zero-order valence-corrected chi connectivity index (χ0v) is 15.7. The molecule has 0 bridgehead atoms. The van der Waals surface area contributed by atoms with Gasteiger partial charge in [-0.15, -0.1) is 0 Å². The summed E-state index contributed by atoms with van der Waals surface area (Å²) in [6.07, 6.45) is 2.63. The van der Waals surface area contributed by atoms with Gasteiger partial charge < -0.3 is 14.2 Å². The largest absolute Gasteiger partial charge is 0.489 e. The average Bonchev–Trinajstić information content (AvgIpc) is 2.74. The highest BCUT2D eigenvalue weighted by Gasteiger charge is 2.12. The summed E-state index contributed by atoms with van der Waals surface area (Å²) < 4.78 is 17.2. The molecular formula is C23H17ClO4. The Hall–Kier alpha value is -3.24. The Kier molecular flexibility index (Phi) is 5.31. The average molecular weight is 393 g/mol. The fourth-order valence-corrected chi connectivity index (χ4v) is 3.06. The summed E-state index contributed by atoms with van der Waals surface area (Å²) in [6.45, 7) is 0.637. The van der Waals surface area contributed by atoms with E-state index in [1.807, 2.05) is 72.8 Å². The Morgan fingerprint density at radius 1 is 1.00 bits per heavy atom. The standard InChI is InChI=1S/C23H17ClO4/c24-21-11-16(6-9-22(21)28-19-4-2-1-3-5-19)14-26-20-8-7-18-10-17(13-25)15-27-23(18)12-20/h1-13H,14-15H2. The lowest BCUT2D eigenvalue weighted by Crippen LogP contribution is -2.08. The van der Waals surface area contributed by atoms with E-state index in [-0.39, 0.29) is 6.61 Å². The Balaban J connectivity index is 1.42. The minimum Gasteiger partial charge on any atom is -0.489 e. The SMILES string of the molecule is O=CC1=Cc2ccc(OCc3ccc(Oc4ccccc4)c(Cl)c3)cc2OC1. The van der Waals surface area contributed by atoms with Crippen LogP contribution in [0, 0.1) is 0 Å². The Morgan fingerprint density at radius 3 is 2.64 bits per heavy atom. The van der Waals surface area contributed by atoms with E-state index in [9.17, 15) is 4.79 Å². The van der Waals surface area contributed by atoms with Gasteiger partial charge in [0.05, 0.1) is 5.02 Å². The monoisotopic (exact) mass is 392 g/mol. The number of halogens is 1. The van der Waals surface area contributed by atoms with E-state index in [4.69, 9.17) is 25.8 Å². The maximum Gasteiger partial charge on any atom is 0.149 e. The number of benzene rings is 3. The quantitative estimate of drug-likeness (QED) is 0.506. The van der Waals surface area contributed by atoms with Crippen molar-refractivity contribution >= 4 is 24.0 Å². The normalized spacial score (nSPS) is 12.4. The third-order valence-electron chi connectivity index (χ3n) is 4.24. The van der Waals surface area contributed by atoms with Crippen molar-refractivity contribution in [3.63, 3.8) is 0 Å². The molecule has 0 atom stereocenters. The molecule has 0 amide bonds. The molecule has 3 aromatic carbocycles. The maximum atomic E-state index is 10.9. The van der Waals surface area contributed by atoms with Crippen molar-refractivity contribution in [1.82, 2.24) is 0 Å². The van der Waals surface area contributed by atoms with Crippen molar-refractivity contribution < 1.29 is 19.0 Å². The van der Waals surface area contributed by atoms with Gasteiger partial charge in [-0.05, 0) is 48.0 Å². The molecule has 1 aliphatic heterocycles. The second-order valence-electron chi connectivity index (χ2n) is 6.29. The van der Waals surface area contributed by atoms with Crippen LogP contribution in [0.2, 0.25) is 5.02 Å². The molecule has 0 N–H and O–H groups in total. The molecule has 1 heterocycles. The van der Waals surface area contributed by atoms with Crippen LogP contribution in [-0.4, -0.2) is 12.9 Å². The van der Waals surface area contributed by atoms with Crippen LogP contribution in [0.1, 0.15) is 11.1 Å². The van der Waals surface area contributed by atoms with Gasteiger partial charge in [0.15, 0.2) is 0 Å². The number of carbonyl (C=O) groups is 1. The van der Waals surface area contributed by atoms with Gasteiger partial charge in [-0.25, -0.2) is 0 Å². The number of rotatable bonds is 6. The third kappa shape index (κ3) is 4.18. The Bertz CT molecular complexity index is 1030. The minimum absolute atomic E-state index is 0.276. The fraction of sp³-hybridized carbons (Fsp3) is 0.0870. The molecule has 5 heteroatoms. The topological polar surface area (TPSA) is 44.8 Å². The molecule has 0 aliphatic carbocycles. The van der Waals surface area contributed by atoms with Crippen LogP contribution in [-0.2, 0) is 11.4 Å². The van der Waals surface area contributed by atoms with E-state index in [2.05, 4.69) is 0 Å². The van der Waals surface area contributed by atoms with Gasteiger partial charge in [0, 0.05) is 17.2 Å². The second kappa shape index (κ2) is 8.19. The van der Waals surface area contributed by atoms with Gasteiger partial charge >= 0.3 is 0 Å². The summed E-state index contributed by atoms with van der Waals surface area (Å²) in [5.41, 5.74) is 2.41. The second-order valence-corrected chi connectivity index (χ2v) is 6.70. The van der Waals surface area contributed by atoms with Crippen LogP contribution in [0.4, 0.5) is 0 Å². The summed E-state index contributed by atoms with van der Waals surface area (Å²) in [4.78, 5) is 10.9. The van der Waals surface area contributed by atoms with Crippen LogP contribution >= 0.6 is 11.6 Å². The van der Waals surface area contributed by atoms with Gasteiger partial charge in [-0.3, -0.25) is 4.79 Å². The van der Waals surface area contributed by atoms with E-state index in [0.29, 0.717) is 34.5 Å². The summed E-state index contributed by atoms with van der Waals surface area (Å²) in [5, 5.41) is 0.519. The highest BCUT2D eigenvalue weighted by Crippen LogP contribution is 2.32. The summed E-state index contributed by atoms with van der Waals surface area (Å²) in [7, 11) is 0. The van der Waals surface area contributed by atoms with Crippen LogP contribution in [0.15, 0.2) is 72.3 Å². The smallest absolute Gasteiger partial charge is 0.149 e. The molecule has 3 aromatic rings. The number of para-hydroxylation sites is 1. The first-order chi connectivity index (χ1) is 13.7. The molecule has 1 aliphatic rings. The first-order valence-electron chi connectivity index (χ1n) is 8.78. The molecule has 4 rings (SSSR count). The molecule has 0 radical (unpaired) electrons. The molecular weight excluding hydrogens is 376 g/mol. The molecule has 0 saturated carbocycles. The van der Waals surface area contributed by atoms with Crippen molar-refractivity contribution in [3.8, 4) is 23.0 Å². The number of hydrogen-bond acceptors (Lipinski definition) is 4. The highest BCUT2D eigenvalue weighted by atomic mass is 35.5. The van der Waals surface area contributed by atoms with Crippen molar-refractivity contribution in [2.24, 2.45) is 0 Å². The van der Waals surface area contributed by atoms with E-state index < -0.39 is 0 Å². The van der Waals surface area contributed by atoms with Crippen molar-refractivity contribution in [2.45, 2.75) is 6.61 Å². The molecule has 28 heavy (non-hydrogen) atoms. The first-order valence-corrected chi connectivity index (χ1v) is 9.16. The van der Waals surface area contributed by atoms with E-state index in [1.54, 1.807) is 0 Å². The van der Waals surface area contributed by atoms with Crippen molar-refractivity contribution in [2.75, 3.05) is 6.61 Å². The van der Waals surface area contributed by atoms with Gasteiger partial charge in [0.1, 0.15) is 42.5 Å². The van der Waals surface area contributed by atoms with Crippen LogP contribution in [0.25, 0.3) is 6.08 Å². The lowest BCUT2D eigenvalue weighted by atomic mass is 10.1. The van der Waals surface area contributed by atoms with Gasteiger partial charge in [0.2, 0.25) is 0 Å². The predicted octanol–water partition coefficient (Wildman–Crippen LogP) is 5.69. The lowest BCUT2D eigenvalue weighted by molar-refractivity contribution is -0.105. The summed E-state index contributed by atoms with van der Waals surface area (Å²) in [6, 6.07) is 20.6. The number of fused-ring (bicyclic) bond motifs is 1. The number of hydrogen-bond donors (Lipinski definition) is 0. The zero-order valence-electron chi connectivity index (χ0n) is 14.9. The highest BCUT2D eigenvalue weighted by molar-refractivity contribution is 6.32. The Morgan fingerprint density at radius 2 is 1.86 bits per heavy atom. The van der Waals surface area contributed by atoms with Gasteiger partial charge in [-0.1, -0.05) is 35.9 Å². The number of carbonyl (C=O) groups excluding carboxylic acids is 1. The maximum absolute atomic E-state index is 10.9. The van der Waals surface area contributed by atoms with Crippen molar-refractivity contribution in [1.29, 1.82) is 0 Å². The van der Waals surface area contributed by atoms with E-state index in [0.717, 1.165) is 23.2 Å². The van der Waals surface area contributed by atoms with Crippen LogP contribution in [0.5, 0.6) is 23.0 Å². The van der Waals surface area contributed by atoms with Gasteiger partial charge in [0.25, 0.3) is 0 Å². The van der Waals surface area contributed by atoms with Gasteiger partial charge in [-0.2, -0.15) is 0 Å². The molecule has 0 unspecified atom stereocenters. The lowest BCUT2D eigenvalue weighted by Gasteiger charge is -2.16. The summed E-state index contributed by atoms with van der Waals surface area (Å²) >= 11 is 6.35. The molecule has 140 valence electrons. The van der Waals surface area contributed by atoms with Crippen molar-refractivity contribution in [3.05, 3.63) is 88.5 Å². The first kappa shape index (κ1) is 18.1.